The third-order valence-corrected chi connectivity index (χ3v) is 3.65. The largest absolute Gasteiger partial charge is 0.265 e. The lowest BCUT2D eigenvalue weighted by molar-refractivity contribution is 0.949. The first kappa shape index (κ1) is 9.87. The molecule has 0 bridgehead atoms. The average Bonchev–Trinajstić information content (AvgIpc) is 2.72. The minimum atomic E-state index is 0.389. The van der Waals surface area contributed by atoms with Crippen molar-refractivity contribution in [2.75, 3.05) is 0 Å². The summed E-state index contributed by atoms with van der Waals surface area (Å²) >= 11 is 5.43. The SMILES string of the molecule is BrC(Cc1ccsc1)c1ccncc1. The van der Waals surface area contributed by atoms with E-state index in [0.29, 0.717) is 4.83 Å². The van der Waals surface area contributed by atoms with Gasteiger partial charge in [-0.2, -0.15) is 11.3 Å². The van der Waals surface area contributed by atoms with Crippen molar-refractivity contribution in [3.63, 3.8) is 0 Å². The van der Waals surface area contributed by atoms with Crippen molar-refractivity contribution < 1.29 is 0 Å². The molecule has 0 spiro atoms. The van der Waals surface area contributed by atoms with E-state index in [1.165, 1.54) is 11.1 Å². The van der Waals surface area contributed by atoms with Crippen molar-refractivity contribution in [2.45, 2.75) is 11.2 Å². The van der Waals surface area contributed by atoms with Crippen molar-refractivity contribution in [3.05, 3.63) is 52.5 Å². The van der Waals surface area contributed by atoms with Gasteiger partial charge in [0, 0.05) is 17.2 Å². The van der Waals surface area contributed by atoms with Crippen LogP contribution in [-0.2, 0) is 6.42 Å². The number of hydrogen-bond acceptors (Lipinski definition) is 2. The molecular formula is C11H10BrNS. The molecule has 0 saturated carbocycles. The van der Waals surface area contributed by atoms with Crippen LogP contribution in [0.4, 0.5) is 0 Å². The third kappa shape index (κ3) is 2.42. The van der Waals surface area contributed by atoms with Gasteiger partial charge in [0.15, 0.2) is 0 Å². The lowest BCUT2D eigenvalue weighted by Crippen LogP contribution is -1.93. The number of hydrogen-bond donors (Lipinski definition) is 0. The maximum atomic E-state index is 4.01. The van der Waals surface area contributed by atoms with Gasteiger partial charge in [-0.3, -0.25) is 4.98 Å². The van der Waals surface area contributed by atoms with Gasteiger partial charge in [0.1, 0.15) is 0 Å². The van der Waals surface area contributed by atoms with Gasteiger partial charge in [0.2, 0.25) is 0 Å². The Kier molecular flexibility index (Phi) is 3.32. The standard InChI is InChI=1S/C11H10BrNS/c12-11(7-9-3-6-14-8-9)10-1-4-13-5-2-10/h1-6,8,11H,7H2. The summed E-state index contributed by atoms with van der Waals surface area (Å²) in [5.74, 6) is 0. The molecule has 1 nitrogen and oxygen atoms in total. The number of halogens is 1. The van der Waals surface area contributed by atoms with E-state index in [-0.39, 0.29) is 0 Å². The summed E-state index contributed by atoms with van der Waals surface area (Å²) in [5, 5.41) is 4.30. The molecule has 0 aliphatic heterocycles. The van der Waals surface area contributed by atoms with Crippen molar-refractivity contribution in [1.82, 2.24) is 4.98 Å². The van der Waals surface area contributed by atoms with Gasteiger partial charge in [0.05, 0.1) is 0 Å². The van der Waals surface area contributed by atoms with E-state index in [2.05, 4.69) is 37.7 Å². The van der Waals surface area contributed by atoms with Crippen LogP contribution in [0.25, 0.3) is 0 Å². The minimum Gasteiger partial charge on any atom is -0.265 e. The predicted octanol–water partition coefficient (Wildman–Crippen LogP) is 3.82. The van der Waals surface area contributed by atoms with Gasteiger partial charge in [0.25, 0.3) is 0 Å². The monoisotopic (exact) mass is 267 g/mol. The van der Waals surface area contributed by atoms with Crippen molar-refractivity contribution in [1.29, 1.82) is 0 Å². The Labute approximate surface area is 95.9 Å². The first-order valence-electron chi connectivity index (χ1n) is 4.41. The average molecular weight is 268 g/mol. The van der Waals surface area contributed by atoms with Gasteiger partial charge in [-0.25, -0.2) is 0 Å². The molecular weight excluding hydrogens is 258 g/mol. The molecule has 1 atom stereocenters. The molecule has 2 aromatic heterocycles. The number of pyridine rings is 1. The molecule has 2 rings (SSSR count). The van der Waals surface area contributed by atoms with Gasteiger partial charge in [-0.05, 0) is 46.5 Å². The van der Waals surface area contributed by atoms with Gasteiger partial charge >= 0.3 is 0 Å². The van der Waals surface area contributed by atoms with Crippen LogP contribution in [0.5, 0.6) is 0 Å². The zero-order valence-electron chi connectivity index (χ0n) is 7.56. The predicted molar refractivity (Wildman–Crippen MR) is 63.9 cm³/mol. The Morgan fingerprint density at radius 1 is 1.29 bits per heavy atom. The maximum absolute atomic E-state index is 4.01. The van der Waals surface area contributed by atoms with Crippen LogP contribution in [0.1, 0.15) is 16.0 Å². The van der Waals surface area contributed by atoms with E-state index < -0.39 is 0 Å². The van der Waals surface area contributed by atoms with Crippen molar-refractivity contribution in [2.24, 2.45) is 0 Å². The fourth-order valence-corrected chi connectivity index (χ4v) is 2.67. The summed E-state index contributed by atoms with van der Waals surface area (Å²) in [5.41, 5.74) is 2.67. The van der Waals surface area contributed by atoms with E-state index in [0.717, 1.165) is 6.42 Å². The first-order valence-corrected chi connectivity index (χ1v) is 6.27. The Bertz CT molecular complexity index is 371. The Morgan fingerprint density at radius 3 is 2.71 bits per heavy atom. The fourth-order valence-electron chi connectivity index (χ4n) is 1.31. The molecule has 1 unspecified atom stereocenters. The van der Waals surface area contributed by atoms with Crippen molar-refractivity contribution >= 4 is 27.3 Å². The number of aromatic nitrogens is 1. The maximum Gasteiger partial charge on any atom is 0.0437 e. The molecule has 3 heteroatoms. The van der Waals surface area contributed by atoms with Gasteiger partial charge < -0.3 is 0 Å². The van der Waals surface area contributed by atoms with Gasteiger partial charge in [-0.15, -0.1) is 0 Å². The lowest BCUT2D eigenvalue weighted by atomic mass is 10.1. The summed E-state index contributed by atoms with van der Waals surface area (Å²) in [4.78, 5) is 4.40. The summed E-state index contributed by atoms with van der Waals surface area (Å²) < 4.78 is 0. The Hall–Kier alpha value is -0.670. The summed E-state index contributed by atoms with van der Waals surface area (Å²) in [6.45, 7) is 0. The number of thiophene rings is 1. The van der Waals surface area contributed by atoms with E-state index in [1.54, 1.807) is 11.3 Å². The smallest absolute Gasteiger partial charge is 0.0437 e. The van der Waals surface area contributed by atoms with E-state index in [9.17, 15) is 0 Å². The molecule has 0 saturated heterocycles. The third-order valence-electron chi connectivity index (χ3n) is 2.06. The molecule has 14 heavy (non-hydrogen) atoms. The number of alkyl halides is 1. The first-order chi connectivity index (χ1) is 6.86. The highest BCUT2D eigenvalue weighted by molar-refractivity contribution is 9.09. The Balaban J connectivity index is 2.07. The second-order valence-electron chi connectivity index (χ2n) is 3.08. The zero-order valence-corrected chi connectivity index (χ0v) is 9.96. The second kappa shape index (κ2) is 4.71. The van der Waals surface area contributed by atoms with E-state index in [1.807, 2.05) is 24.5 Å². The van der Waals surface area contributed by atoms with E-state index in [4.69, 9.17) is 0 Å². The van der Waals surface area contributed by atoms with Crippen LogP contribution in [-0.4, -0.2) is 4.98 Å². The van der Waals surface area contributed by atoms with Crippen LogP contribution < -0.4 is 0 Å². The molecule has 0 N–H and O–H groups in total. The van der Waals surface area contributed by atoms with E-state index >= 15 is 0 Å². The number of nitrogens with zero attached hydrogens (tertiary/aromatic N) is 1. The topological polar surface area (TPSA) is 12.9 Å². The molecule has 0 aromatic carbocycles. The van der Waals surface area contributed by atoms with Crippen LogP contribution in [0.3, 0.4) is 0 Å². The zero-order chi connectivity index (χ0) is 9.80. The number of rotatable bonds is 3. The fraction of sp³-hybridized carbons (Fsp3) is 0.182. The van der Waals surface area contributed by atoms with Crippen LogP contribution in [0, 0.1) is 0 Å². The van der Waals surface area contributed by atoms with Crippen LogP contribution >= 0.6 is 27.3 Å². The quantitative estimate of drug-likeness (QED) is 0.771. The molecule has 2 aromatic rings. The summed E-state index contributed by atoms with van der Waals surface area (Å²) in [6.07, 6.45) is 4.70. The van der Waals surface area contributed by atoms with Crippen molar-refractivity contribution in [3.8, 4) is 0 Å². The minimum absolute atomic E-state index is 0.389. The summed E-state index contributed by atoms with van der Waals surface area (Å²) in [6, 6.07) is 6.26. The normalized spacial score (nSPS) is 12.6. The second-order valence-corrected chi connectivity index (χ2v) is 4.97. The van der Waals surface area contributed by atoms with Crippen LogP contribution in [0.2, 0.25) is 0 Å². The molecule has 0 amide bonds. The van der Waals surface area contributed by atoms with Gasteiger partial charge in [-0.1, -0.05) is 15.9 Å². The molecule has 0 aliphatic rings. The highest BCUT2D eigenvalue weighted by Crippen LogP contribution is 2.26. The molecule has 72 valence electrons. The highest BCUT2D eigenvalue weighted by atomic mass is 79.9. The molecule has 2 heterocycles. The molecule has 0 radical (unpaired) electrons. The highest BCUT2D eigenvalue weighted by Gasteiger charge is 2.07. The molecule has 0 fully saturated rings. The molecule has 0 aliphatic carbocycles. The summed E-state index contributed by atoms with van der Waals surface area (Å²) in [7, 11) is 0. The Morgan fingerprint density at radius 2 is 2.07 bits per heavy atom. The lowest BCUT2D eigenvalue weighted by Gasteiger charge is -2.07. The van der Waals surface area contributed by atoms with Crippen LogP contribution in [0.15, 0.2) is 41.4 Å².